The average Bonchev–Trinajstić information content (AvgIpc) is 3.24. The predicted molar refractivity (Wildman–Crippen MR) is 87.1 cm³/mol. The molecule has 1 aromatic heterocycles. The maximum absolute atomic E-state index is 5.88. The topological polar surface area (TPSA) is 49.8 Å². The lowest BCUT2D eigenvalue weighted by Gasteiger charge is -2.09. The molecule has 4 nitrogen and oxygen atoms in total. The van der Waals surface area contributed by atoms with Gasteiger partial charge in [-0.15, -0.1) is 0 Å². The van der Waals surface area contributed by atoms with Crippen LogP contribution in [0.4, 0.5) is 11.6 Å². The number of rotatable bonds is 6. The largest absolute Gasteiger partial charge is 0.370 e. The van der Waals surface area contributed by atoms with E-state index in [0.29, 0.717) is 6.04 Å². The lowest BCUT2D eigenvalue weighted by Crippen LogP contribution is -2.10. The first-order valence-corrected chi connectivity index (χ1v) is 7.67. The Hall–Kier alpha value is -1.81. The molecule has 2 N–H and O–H groups in total. The zero-order valence-electron chi connectivity index (χ0n) is 12.1. The first kappa shape index (κ1) is 14.1. The number of aryl methyl sites for hydroxylation is 1. The van der Waals surface area contributed by atoms with Crippen LogP contribution in [0.25, 0.3) is 0 Å². The number of nitrogens with one attached hydrogen (secondary N) is 2. The lowest BCUT2D eigenvalue weighted by molar-refractivity contribution is 0.975. The van der Waals surface area contributed by atoms with Crippen LogP contribution in [0.15, 0.2) is 30.3 Å². The molecule has 0 atom stereocenters. The second-order valence-corrected chi connectivity index (χ2v) is 5.84. The van der Waals surface area contributed by atoms with Gasteiger partial charge < -0.3 is 10.6 Å². The smallest absolute Gasteiger partial charge is 0.132 e. The summed E-state index contributed by atoms with van der Waals surface area (Å²) in [5, 5.41) is 7.54. The molecular formula is C16H19ClN4. The van der Waals surface area contributed by atoms with E-state index in [0.717, 1.165) is 35.4 Å². The molecule has 1 aliphatic carbocycles. The highest BCUT2D eigenvalue weighted by Gasteiger charge is 2.21. The Morgan fingerprint density at radius 2 is 1.86 bits per heavy atom. The summed E-state index contributed by atoms with van der Waals surface area (Å²) in [6.45, 7) is 2.75. The molecular weight excluding hydrogens is 284 g/mol. The molecule has 1 saturated carbocycles. The van der Waals surface area contributed by atoms with Gasteiger partial charge >= 0.3 is 0 Å². The number of hydrogen-bond donors (Lipinski definition) is 2. The summed E-state index contributed by atoms with van der Waals surface area (Å²) in [5.41, 5.74) is 1.26. The van der Waals surface area contributed by atoms with E-state index >= 15 is 0 Å². The van der Waals surface area contributed by atoms with Gasteiger partial charge in [-0.2, -0.15) is 0 Å². The van der Waals surface area contributed by atoms with Crippen LogP contribution in [0.2, 0.25) is 5.02 Å². The van der Waals surface area contributed by atoms with Crippen LogP contribution in [-0.4, -0.2) is 22.6 Å². The molecule has 0 spiro atoms. The van der Waals surface area contributed by atoms with Crippen LogP contribution in [0, 0.1) is 6.92 Å². The molecule has 0 saturated heterocycles. The first-order chi connectivity index (χ1) is 10.2. The highest BCUT2D eigenvalue weighted by molar-refractivity contribution is 6.30. The van der Waals surface area contributed by atoms with Crippen LogP contribution < -0.4 is 10.6 Å². The maximum Gasteiger partial charge on any atom is 0.132 e. The fraction of sp³-hybridized carbons (Fsp3) is 0.375. The zero-order chi connectivity index (χ0) is 14.7. The normalized spacial score (nSPS) is 14.0. The van der Waals surface area contributed by atoms with E-state index in [1.165, 1.54) is 18.4 Å². The van der Waals surface area contributed by atoms with E-state index in [1.807, 2.05) is 25.1 Å². The quantitative estimate of drug-likeness (QED) is 0.855. The number of aromatic nitrogens is 2. The van der Waals surface area contributed by atoms with Crippen molar-refractivity contribution in [2.75, 3.05) is 17.2 Å². The fourth-order valence-electron chi connectivity index (χ4n) is 2.15. The first-order valence-electron chi connectivity index (χ1n) is 7.29. The lowest BCUT2D eigenvalue weighted by atomic mass is 10.1. The molecule has 1 aliphatic rings. The zero-order valence-corrected chi connectivity index (χ0v) is 12.8. The van der Waals surface area contributed by atoms with E-state index in [4.69, 9.17) is 11.6 Å². The average molecular weight is 303 g/mol. The van der Waals surface area contributed by atoms with Gasteiger partial charge in [0.25, 0.3) is 0 Å². The van der Waals surface area contributed by atoms with Crippen molar-refractivity contribution >= 4 is 23.2 Å². The van der Waals surface area contributed by atoms with Gasteiger partial charge in [0.05, 0.1) is 0 Å². The molecule has 0 radical (unpaired) electrons. The number of anilines is 2. The van der Waals surface area contributed by atoms with E-state index in [1.54, 1.807) is 0 Å². The van der Waals surface area contributed by atoms with Gasteiger partial charge in [0.1, 0.15) is 17.5 Å². The molecule has 2 aromatic rings. The van der Waals surface area contributed by atoms with E-state index in [2.05, 4.69) is 32.7 Å². The Bertz CT molecular complexity index is 608. The highest BCUT2D eigenvalue weighted by atomic mass is 35.5. The third kappa shape index (κ3) is 4.33. The van der Waals surface area contributed by atoms with Gasteiger partial charge in [0.2, 0.25) is 0 Å². The number of hydrogen-bond acceptors (Lipinski definition) is 4. The summed E-state index contributed by atoms with van der Waals surface area (Å²) >= 11 is 5.88. The van der Waals surface area contributed by atoms with Gasteiger partial charge in [0.15, 0.2) is 0 Å². The minimum absolute atomic E-state index is 0.598. The fourth-order valence-corrected chi connectivity index (χ4v) is 2.28. The predicted octanol–water partition coefficient (Wildman–Crippen LogP) is 3.67. The van der Waals surface area contributed by atoms with Gasteiger partial charge in [-0.1, -0.05) is 23.7 Å². The summed E-state index contributed by atoms with van der Waals surface area (Å²) in [5.74, 6) is 2.58. The molecule has 110 valence electrons. The number of benzene rings is 1. The van der Waals surface area contributed by atoms with Crippen molar-refractivity contribution in [1.29, 1.82) is 0 Å². The van der Waals surface area contributed by atoms with Crippen molar-refractivity contribution in [3.8, 4) is 0 Å². The third-order valence-electron chi connectivity index (χ3n) is 3.40. The highest BCUT2D eigenvalue weighted by Crippen LogP contribution is 2.24. The molecule has 0 amide bonds. The van der Waals surface area contributed by atoms with E-state index in [-0.39, 0.29) is 0 Å². The molecule has 0 aliphatic heterocycles. The molecule has 0 bridgehead atoms. The molecule has 1 aromatic carbocycles. The molecule has 3 rings (SSSR count). The van der Waals surface area contributed by atoms with Crippen LogP contribution >= 0.6 is 11.6 Å². The van der Waals surface area contributed by atoms with Crippen molar-refractivity contribution in [2.45, 2.75) is 32.2 Å². The molecule has 5 heteroatoms. The summed E-state index contributed by atoms with van der Waals surface area (Å²) in [6.07, 6.45) is 3.41. The van der Waals surface area contributed by atoms with Crippen molar-refractivity contribution in [3.63, 3.8) is 0 Å². The van der Waals surface area contributed by atoms with Crippen molar-refractivity contribution < 1.29 is 0 Å². The van der Waals surface area contributed by atoms with Crippen molar-refractivity contribution in [3.05, 3.63) is 46.7 Å². The van der Waals surface area contributed by atoms with E-state index in [9.17, 15) is 0 Å². The van der Waals surface area contributed by atoms with Crippen LogP contribution in [0.5, 0.6) is 0 Å². The van der Waals surface area contributed by atoms with E-state index < -0.39 is 0 Å². The SMILES string of the molecule is Cc1nc(NCCc2ccc(Cl)cc2)cc(NC2CC2)n1. The third-order valence-corrected chi connectivity index (χ3v) is 3.65. The Labute approximate surface area is 130 Å². The number of nitrogens with zero attached hydrogens (tertiary/aromatic N) is 2. The molecule has 0 unspecified atom stereocenters. The monoisotopic (exact) mass is 302 g/mol. The van der Waals surface area contributed by atoms with Crippen molar-refractivity contribution in [2.24, 2.45) is 0 Å². The summed E-state index contributed by atoms with van der Waals surface area (Å²) in [7, 11) is 0. The summed E-state index contributed by atoms with van der Waals surface area (Å²) < 4.78 is 0. The maximum atomic E-state index is 5.88. The standard InChI is InChI=1S/C16H19ClN4/c1-11-19-15(10-16(20-11)21-14-6-7-14)18-9-8-12-2-4-13(17)5-3-12/h2-5,10,14H,6-9H2,1H3,(H2,18,19,20,21). The van der Waals surface area contributed by atoms with Crippen LogP contribution in [-0.2, 0) is 6.42 Å². The second-order valence-electron chi connectivity index (χ2n) is 5.41. The molecule has 1 heterocycles. The van der Waals surface area contributed by atoms with Gasteiger partial charge in [-0.05, 0) is 43.9 Å². The van der Waals surface area contributed by atoms with Gasteiger partial charge in [0, 0.05) is 23.7 Å². The van der Waals surface area contributed by atoms with Gasteiger partial charge in [-0.25, -0.2) is 9.97 Å². The molecule has 1 fully saturated rings. The van der Waals surface area contributed by atoms with Crippen LogP contribution in [0.1, 0.15) is 24.2 Å². The Kier molecular flexibility index (Phi) is 4.25. The van der Waals surface area contributed by atoms with Gasteiger partial charge in [-0.3, -0.25) is 0 Å². The summed E-state index contributed by atoms with van der Waals surface area (Å²) in [4.78, 5) is 8.84. The second kappa shape index (κ2) is 6.31. The summed E-state index contributed by atoms with van der Waals surface area (Å²) in [6, 6.07) is 10.5. The minimum Gasteiger partial charge on any atom is -0.370 e. The Balaban J connectivity index is 1.56. The minimum atomic E-state index is 0.598. The Morgan fingerprint density at radius 3 is 2.57 bits per heavy atom. The molecule has 21 heavy (non-hydrogen) atoms. The van der Waals surface area contributed by atoms with Crippen molar-refractivity contribution in [1.82, 2.24) is 9.97 Å². The Morgan fingerprint density at radius 1 is 1.14 bits per heavy atom. The van der Waals surface area contributed by atoms with Crippen LogP contribution in [0.3, 0.4) is 0 Å². The number of halogens is 1.